The summed E-state index contributed by atoms with van der Waals surface area (Å²) in [4.78, 5) is 27.2. The van der Waals surface area contributed by atoms with E-state index in [2.05, 4.69) is 10.3 Å². The Morgan fingerprint density at radius 1 is 1.16 bits per heavy atom. The number of carbonyl (C=O) groups excluding carboxylic acids is 2. The van der Waals surface area contributed by atoms with Crippen molar-refractivity contribution in [2.75, 3.05) is 5.32 Å². The highest BCUT2D eigenvalue weighted by Gasteiger charge is 2.25. The molecule has 0 fully saturated rings. The summed E-state index contributed by atoms with van der Waals surface area (Å²) in [6.45, 7) is 1.43. The van der Waals surface area contributed by atoms with Crippen LogP contribution >= 0.6 is 23.2 Å². The first-order valence-electron chi connectivity index (χ1n) is 7.28. The molecule has 5 nitrogen and oxygen atoms in total. The van der Waals surface area contributed by atoms with Gasteiger partial charge < -0.3 is 10.1 Å². The first-order chi connectivity index (χ1) is 11.9. The highest BCUT2D eigenvalue weighted by atomic mass is 35.5. The maximum atomic E-state index is 12.0. The molecule has 25 heavy (non-hydrogen) atoms. The third-order valence-corrected chi connectivity index (χ3v) is 3.86. The number of halogens is 2. The lowest BCUT2D eigenvalue weighted by atomic mass is 10.1. The maximum Gasteiger partial charge on any atom is 0.363 e. The van der Waals surface area contributed by atoms with Gasteiger partial charge in [0.15, 0.2) is 5.70 Å². The van der Waals surface area contributed by atoms with Crippen molar-refractivity contribution < 1.29 is 14.3 Å². The molecule has 0 unspecified atom stereocenters. The van der Waals surface area contributed by atoms with Crippen LogP contribution in [-0.2, 0) is 14.3 Å². The second kappa shape index (κ2) is 7.09. The summed E-state index contributed by atoms with van der Waals surface area (Å²) >= 11 is 12.0. The van der Waals surface area contributed by atoms with Gasteiger partial charge in [0.25, 0.3) is 0 Å². The molecule has 7 heteroatoms. The first kappa shape index (κ1) is 17.2. The molecular weight excluding hydrogens is 363 g/mol. The molecule has 1 amide bonds. The summed E-state index contributed by atoms with van der Waals surface area (Å²) in [6.07, 6.45) is 1.59. The lowest BCUT2D eigenvalue weighted by Crippen LogP contribution is -2.06. The van der Waals surface area contributed by atoms with Gasteiger partial charge in [-0.1, -0.05) is 35.3 Å². The Morgan fingerprint density at radius 3 is 2.52 bits per heavy atom. The number of hydrogen-bond acceptors (Lipinski definition) is 4. The Labute approximate surface area is 153 Å². The average Bonchev–Trinajstić information content (AvgIpc) is 2.89. The van der Waals surface area contributed by atoms with E-state index < -0.39 is 5.97 Å². The number of esters is 1. The first-order valence-corrected chi connectivity index (χ1v) is 8.03. The van der Waals surface area contributed by atoms with E-state index in [1.807, 2.05) is 0 Å². The molecule has 0 saturated heterocycles. The van der Waals surface area contributed by atoms with Crippen LogP contribution in [0.4, 0.5) is 5.69 Å². The number of carbonyl (C=O) groups is 2. The molecule has 126 valence electrons. The summed E-state index contributed by atoms with van der Waals surface area (Å²) in [5.74, 6) is -0.584. The summed E-state index contributed by atoms with van der Waals surface area (Å²) in [5, 5.41) is 3.50. The third kappa shape index (κ3) is 4.07. The fourth-order valence-electron chi connectivity index (χ4n) is 2.21. The Hall–Kier alpha value is -2.63. The van der Waals surface area contributed by atoms with Crippen molar-refractivity contribution in [3.05, 3.63) is 69.3 Å². The molecule has 0 aliphatic carbocycles. The molecule has 1 aliphatic rings. The molecule has 3 rings (SSSR count). The van der Waals surface area contributed by atoms with Crippen LogP contribution in [0.3, 0.4) is 0 Å². The molecule has 2 aromatic carbocycles. The number of cyclic esters (lactones) is 1. The van der Waals surface area contributed by atoms with Crippen LogP contribution in [0.5, 0.6) is 0 Å². The van der Waals surface area contributed by atoms with E-state index >= 15 is 0 Å². The molecule has 0 atom stereocenters. The van der Waals surface area contributed by atoms with Crippen molar-refractivity contribution in [2.24, 2.45) is 4.99 Å². The lowest BCUT2D eigenvalue weighted by Gasteiger charge is -2.02. The van der Waals surface area contributed by atoms with E-state index in [9.17, 15) is 9.59 Å². The van der Waals surface area contributed by atoms with Crippen molar-refractivity contribution in [1.29, 1.82) is 0 Å². The minimum absolute atomic E-state index is 0.132. The zero-order chi connectivity index (χ0) is 18.0. The number of ether oxygens (including phenoxy) is 1. The molecule has 0 bridgehead atoms. The topological polar surface area (TPSA) is 67.8 Å². The standard InChI is InChI=1S/C18H12Cl2N2O3/c1-10(23)21-13-5-2-11(3-6-13)8-16-18(24)25-17(22-16)14-7-4-12(19)9-15(14)20/h2-9H,1H3,(H,21,23). The molecule has 2 aromatic rings. The lowest BCUT2D eigenvalue weighted by molar-refractivity contribution is -0.129. The van der Waals surface area contributed by atoms with Crippen molar-refractivity contribution in [3.63, 3.8) is 0 Å². The quantitative estimate of drug-likeness (QED) is 0.643. The minimum atomic E-state index is -0.563. The van der Waals surface area contributed by atoms with E-state index in [0.29, 0.717) is 21.3 Å². The van der Waals surface area contributed by atoms with Crippen molar-refractivity contribution in [3.8, 4) is 0 Å². The summed E-state index contributed by atoms with van der Waals surface area (Å²) in [6, 6.07) is 11.8. The Balaban J connectivity index is 1.86. The number of nitrogens with zero attached hydrogens (tertiary/aromatic N) is 1. The molecule has 0 radical (unpaired) electrons. The van der Waals surface area contributed by atoms with Gasteiger partial charge in [-0.15, -0.1) is 0 Å². The molecule has 1 aliphatic heterocycles. The van der Waals surface area contributed by atoms with E-state index in [-0.39, 0.29) is 17.5 Å². The normalized spacial score (nSPS) is 15.1. The minimum Gasteiger partial charge on any atom is -0.402 e. The highest BCUT2D eigenvalue weighted by molar-refractivity contribution is 6.37. The summed E-state index contributed by atoms with van der Waals surface area (Å²) in [5.41, 5.74) is 2.06. The van der Waals surface area contributed by atoms with E-state index in [1.165, 1.54) is 6.92 Å². The van der Waals surface area contributed by atoms with Gasteiger partial charge in [0.1, 0.15) is 0 Å². The number of rotatable bonds is 3. The zero-order valence-electron chi connectivity index (χ0n) is 13.0. The highest BCUT2D eigenvalue weighted by Crippen LogP contribution is 2.26. The third-order valence-electron chi connectivity index (χ3n) is 3.32. The van der Waals surface area contributed by atoms with E-state index in [0.717, 1.165) is 5.56 Å². The molecule has 1 heterocycles. The molecule has 0 spiro atoms. The van der Waals surface area contributed by atoms with Crippen LogP contribution < -0.4 is 5.32 Å². The molecule has 0 saturated carbocycles. The van der Waals surface area contributed by atoms with Gasteiger partial charge in [0, 0.05) is 17.6 Å². The second-order valence-electron chi connectivity index (χ2n) is 5.26. The number of aliphatic imine (C=N–C) groups is 1. The Bertz CT molecular complexity index is 918. The monoisotopic (exact) mass is 374 g/mol. The number of amides is 1. The summed E-state index contributed by atoms with van der Waals surface area (Å²) in [7, 11) is 0. The van der Waals surface area contributed by atoms with Gasteiger partial charge in [-0.2, -0.15) is 0 Å². The summed E-state index contributed by atoms with van der Waals surface area (Å²) < 4.78 is 5.19. The van der Waals surface area contributed by atoms with Gasteiger partial charge in [-0.3, -0.25) is 4.79 Å². The molecule has 1 N–H and O–H groups in total. The van der Waals surface area contributed by atoms with Crippen LogP contribution in [0, 0.1) is 0 Å². The molecule has 0 aromatic heterocycles. The van der Waals surface area contributed by atoms with Gasteiger partial charge >= 0.3 is 5.97 Å². The van der Waals surface area contributed by atoms with Crippen molar-refractivity contribution in [1.82, 2.24) is 0 Å². The van der Waals surface area contributed by atoms with Crippen LogP contribution in [-0.4, -0.2) is 17.8 Å². The number of benzene rings is 2. The van der Waals surface area contributed by atoms with Gasteiger partial charge in [0.2, 0.25) is 11.8 Å². The van der Waals surface area contributed by atoms with Crippen molar-refractivity contribution in [2.45, 2.75) is 6.92 Å². The fraction of sp³-hybridized carbons (Fsp3) is 0.0556. The van der Waals surface area contributed by atoms with Crippen LogP contribution in [0.2, 0.25) is 10.0 Å². The molecular formula is C18H12Cl2N2O3. The van der Waals surface area contributed by atoms with Gasteiger partial charge in [-0.05, 0) is 42.0 Å². The number of anilines is 1. The second-order valence-corrected chi connectivity index (χ2v) is 6.11. The van der Waals surface area contributed by atoms with Crippen molar-refractivity contribution >= 4 is 52.7 Å². The van der Waals surface area contributed by atoms with Crippen LogP contribution in [0.15, 0.2) is 53.2 Å². The van der Waals surface area contributed by atoms with Gasteiger partial charge in [-0.25, -0.2) is 9.79 Å². The largest absolute Gasteiger partial charge is 0.402 e. The predicted octanol–water partition coefficient (Wildman–Crippen LogP) is 4.30. The zero-order valence-corrected chi connectivity index (χ0v) is 14.6. The van der Waals surface area contributed by atoms with Crippen LogP contribution in [0.1, 0.15) is 18.1 Å². The average molecular weight is 375 g/mol. The smallest absolute Gasteiger partial charge is 0.363 e. The maximum absolute atomic E-state index is 12.0. The fourth-order valence-corrected chi connectivity index (χ4v) is 2.70. The Kier molecular flexibility index (Phi) is 4.88. The van der Waals surface area contributed by atoms with E-state index in [4.69, 9.17) is 27.9 Å². The van der Waals surface area contributed by atoms with Crippen LogP contribution in [0.25, 0.3) is 6.08 Å². The predicted molar refractivity (Wildman–Crippen MR) is 97.8 cm³/mol. The number of hydrogen-bond donors (Lipinski definition) is 1. The van der Waals surface area contributed by atoms with Gasteiger partial charge in [0.05, 0.1) is 10.6 Å². The SMILES string of the molecule is CC(=O)Nc1ccc(C=C2N=C(c3ccc(Cl)cc3Cl)OC2=O)cc1. The number of nitrogens with one attached hydrogen (secondary N) is 1. The Morgan fingerprint density at radius 2 is 1.88 bits per heavy atom. The van der Waals surface area contributed by atoms with E-state index in [1.54, 1.807) is 48.5 Å².